The Hall–Kier alpha value is -1.42. The van der Waals surface area contributed by atoms with Crippen molar-refractivity contribution >= 4 is 5.91 Å². The molecule has 2 unspecified atom stereocenters. The van der Waals surface area contributed by atoms with Crippen molar-refractivity contribution in [2.75, 3.05) is 20.6 Å². The summed E-state index contributed by atoms with van der Waals surface area (Å²) in [6, 6.07) is 5.25. The van der Waals surface area contributed by atoms with Gasteiger partial charge in [0.2, 0.25) is 5.91 Å². The lowest BCUT2D eigenvalue weighted by atomic mass is 9.85. The van der Waals surface area contributed by atoms with Crippen molar-refractivity contribution in [3.8, 4) is 0 Å². The molecular formula is C15H21FN2O. The van der Waals surface area contributed by atoms with Gasteiger partial charge in [-0.25, -0.2) is 4.39 Å². The highest BCUT2D eigenvalue weighted by Crippen LogP contribution is 2.29. The first kappa shape index (κ1) is 14.0. The number of amides is 1. The zero-order valence-electron chi connectivity index (χ0n) is 11.7. The van der Waals surface area contributed by atoms with E-state index < -0.39 is 0 Å². The number of hydrogen-bond acceptors (Lipinski definition) is 2. The van der Waals surface area contributed by atoms with Crippen molar-refractivity contribution in [1.29, 1.82) is 0 Å². The molecule has 1 N–H and O–H groups in total. The van der Waals surface area contributed by atoms with Crippen molar-refractivity contribution in [1.82, 2.24) is 10.2 Å². The van der Waals surface area contributed by atoms with Gasteiger partial charge in [-0.15, -0.1) is 0 Å². The Morgan fingerprint density at radius 2 is 2.16 bits per heavy atom. The molecule has 1 aromatic rings. The first-order valence-electron chi connectivity index (χ1n) is 6.69. The molecule has 0 aliphatic carbocycles. The molecule has 1 aliphatic heterocycles. The highest BCUT2D eigenvalue weighted by atomic mass is 19.1. The molecule has 1 saturated heterocycles. The highest BCUT2D eigenvalue weighted by Gasteiger charge is 2.28. The van der Waals surface area contributed by atoms with E-state index in [0.717, 1.165) is 24.9 Å². The van der Waals surface area contributed by atoms with Crippen molar-refractivity contribution in [2.45, 2.75) is 31.7 Å². The van der Waals surface area contributed by atoms with Gasteiger partial charge >= 0.3 is 0 Å². The lowest BCUT2D eigenvalue weighted by Crippen LogP contribution is -2.47. The summed E-state index contributed by atoms with van der Waals surface area (Å²) in [5, 5.41) is 3.24. The molecule has 1 fully saturated rings. The molecule has 0 aromatic heterocycles. The van der Waals surface area contributed by atoms with Crippen LogP contribution < -0.4 is 5.32 Å². The Balaban J connectivity index is 2.12. The number of rotatable bonds is 2. The van der Waals surface area contributed by atoms with Crippen LogP contribution in [-0.2, 0) is 4.79 Å². The van der Waals surface area contributed by atoms with E-state index in [9.17, 15) is 9.18 Å². The van der Waals surface area contributed by atoms with E-state index in [1.807, 2.05) is 12.1 Å². The predicted octanol–water partition coefficient (Wildman–Crippen LogP) is 2.06. The fourth-order valence-electron chi connectivity index (χ4n) is 2.58. The Morgan fingerprint density at radius 1 is 1.42 bits per heavy atom. The van der Waals surface area contributed by atoms with Gasteiger partial charge in [-0.3, -0.25) is 4.79 Å². The maximum atomic E-state index is 13.6. The first-order chi connectivity index (χ1) is 8.99. The minimum Gasteiger partial charge on any atom is -0.347 e. The topological polar surface area (TPSA) is 32.3 Å². The summed E-state index contributed by atoms with van der Waals surface area (Å²) < 4.78 is 13.6. The highest BCUT2D eigenvalue weighted by molar-refractivity contribution is 5.81. The van der Waals surface area contributed by atoms with Gasteiger partial charge in [-0.1, -0.05) is 12.1 Å². The molecule has 0 radical (unpaired) electrons. The number of piperidine rings is 1. The molecule has 1 aromatic carbocycles. The van der Waals surface area contributed by atoms with Crippen LogP contribution in [0, 0.1) is 12.7 Å². The van der Waals surface area contributed by atoms with Crippen LogP contribution in [0.1, 0.15) is 29.9 Å². The fourth-order valence-corrected chi connectivity index (χ4v) is 2.58. The number of halogens is 1. The Morgan fingerprint density at radius 3 is 2.79 bits per heavy atom. The van der Waals surface area contributed by atoms with Gasteiger partial charge in [-0.05, 0) is 49.4 Å². The fraction of sp³-hybridized carbons (Fsp3) is 0.533. The molecule has 1 amide bonds. The Labute approximate surface area is 113 Å². The summed E-state index contributed by atoms with van der Waals surface area (Å²) in [5.41, 5.74) is 1.67. The normalized spacial score (nSPS) is 23.2. The molecule has 2 atom stereocenters. The molecule has 2 rings (SSSR count). The van der Waals surface area contributed by atoms with Crippen LogP contribution in [0.5, 0.6) is 0 Å². The van der Waals surface area contributed by atoms with Crippen LogP contribution in [0.3, 0.4) is 0 Å². The minimum atomic E-state index is -0.161. The monoisotopic (exact) mass is 264 g/mol. The van der Waals surface area contributed by atoms with Crippen LogP contribution in [0.25, 0.3) is 0 Å². The molecule has 1 aliphatic rings. The largest absolute Gasteiger partial charge is 0.347 e. The molecule has 0 saturated carbocycles. The van der Waals surface area contributed by atoms with Crippen LogP contribution in [0.2, 0.25) is 0 Å². The molecule has 3 nitrogen and oxygen atoms in total. The van der Waals surface area contributed by atoms with Crippen molar-refractivity contribution < 1.29 is 9.18 Å². The number of nitrogens with zero attached hydrogens (tertiary/aromatic N) is 1. The van der Waals surface area contributed by atoms with Gasteiger partial charge < -0.3 is 10.2 Å². The van der Waals surface area contributed by atoms with Crippen molar-refractivity contribution in [3.63, 3.8) is 0 Å². The SMILES string of the molecule is Cc1ccc(C2CCNC(C(=O)N(C)C)C2)cc1F. The van der Waals surface area contributed by atoms with Crippen LogP contribution >= 0.6 is 0 Å². The second kappa shape index (κ2) is 5.70. The maximum Gasteiger partial charge on any atom is 0.239 e. The van der Waals surface area contributed by atoms with E-state index in [-0.39, 0.29) is 23.7 Å². The predicted molar refractivity (Wildman–Crippen MR) is 73.6 cm³/mol. The van der Waals surface area contributed by atoms with Gasteiger partial charge in [0.1, 0.15) is 5.82 Å². The average molecular weight is 264 g/mol. The molecular weight excluding hydrogens is 243 g/mol. The summed E-state index contributed by atoms with van der Waals surface area (Å²) >= 11 is 0. The molecule has 0 bridgehead atoms. The Bertz CT molecular complexity index is 473. The third kappa shape index (κ3) is 3.13. The van der Waals surface area contributed by atoms with Crippen LogP contribution in [-0.4, -0.2) is 37.5 Å². The third-order valence-corrected chi connectivity index (χ3v) is 3.81. The number of carbonyl (C=O) groups is 1. The molecule has 1 heterocycles. The standard InChI is InChI=1S/C15H21FN2O/c1-10-4-5-11(8-13(10)16)12-6-7-17-14(9-12)15(19)18(2)3/h4-5,8,12,14,17H,6-7,9H2,1-3H3. The third-order valence-electron chi connectivity index (χ3n) is 3.81. The van der Waals surface area contributed by atoms with Gasteiger partial charge in [0, 0.05) is 14.1 Å². The zero-order valence-corrected chi connectivity index (χ0v) is 11.7. The van der Waals surface area contributed by atoms with Crippen molar-refractivity contribution in [3.05, 3.63) is 35.1 Å². The van der Waals surface area contributed by atoms with Gasteiger partial charge in [0.25, 0.3) is 0 Å². The van der Waals surface area contributed by atoms with Crippen LogP contribution in [0.4, 0.5) is 4.39 Å². The summed E-state index contributed by atoms with van der Waals surface area (Å²) in [6.07, 6.45) is 1.68. The van der Waals surface area contributed by atoms with E-state index in [1.165, 1.54) is 0 Å². The average Bonchev–Trinajstić information content (AvgIpc) is 2.41. The smallest absolute Gasteiger partial charge is 0.239 e. The first-order valence-corrected chi connectivity index (χ1v) is 6.69. The van der Waals surface area contributed by atoms with E-state index in [0.29, 0.717) is 5.56 Å². The van der Waals surface area contributed by atoms with E-state index in [1.54, 1.807) is 32.0 Å². The van der Waals surface area contributed by atoms with Crippen molar-refractivity contribution in [2.24, 2.45) is 0 Å². The molecule has 19 heavy (non-hydrogen) atoms. The molecule has 104 valence electrons. The summed E-state index contributed by atoms with van der Waals surface area (Å²) in [5.74, 6) is 0.189. The quantitative estimate of drug-likeness (QED) is 0.886. The summed E-state index contributed by atoms with van der Waals surface area (Å²) in [4.78, 5) is 13.6. The van der Waals surface area contributed by atoms with E-state index >= 15 is 0 Å². The second-order valence-electron chi connectivity index (χ2n) is 5.47. The lowest BCUT2D eigenvalue weighted by Gasteiger charge is -2.31. The minimum absolute atomic E-state index is 0.0947. The number of likely N-dealkylation sites (N-methyl/N-ethyl adjacent to an activating group) is 1. The summed E-state index contributed by atoms with van der Waals surface area (Å²) in [6.45, 7) is 2.56. The Kier molecular flexibility index (Phi) is 4.20. The second-order valence-corrected chi connectivity index (χ2v) is 5.47. The molecule has 0 spiro atoms. The van der Waals surface area contributed by atoms with Crippen LogP contribution in [0.15, 0.2) is 18.2 Å². The maximum absolute atomic E-state index is 13.6. The number of aryl methyl sites for hydroxylation is 1. The molecule has 4 heteroatoms. The zero-order chi connectivity index (χ0) is 14.0. The van der Waals surface area contributed by atoms with Gasteiger partial charge in [0.05, 0.1) is 6.04 Å². The summed E-state index contributed by atoms with van der Waals surface area (Å²) in [7, 11) is 3.53. The number of hydrogen-bond donors (Lipinski definition) is 1. The number of nitrogens with one attached hydrogen (secondary N) is 1. The number of carbonyl (C=O) groups excluding carboxylic acids is 1. The number of benzene rings is 1. The van der Waals surface area contributed by atoms with E-state index in [4.69, 9.17) is 0 Å². The lowest BCUT2D eigenvalue weighted by molar-refractivity contribution is -0.131. The van der Waals surface area contributed by atoms with Gasteiger partial charge in [0.15, 0.2) is 0 Å². The van der Waals surface area contributed by atoms with E-state index in [2.05, 4.69) is 5.32 Å². The van der Waals surface area contributed by atoms with Gasteiger partial charge in [-0.2, -0.15) is 0 Å².